The van der Waals surface area contributed by atoms with Crippen LogP contribution in [0.1, 0.15) is 0 Å². The molecule has 0 fully saturated rings. The lowest BCUT2D eigenvalue weighted by Crippen LogP contribution is -2.19. The fraction of sp³-hybridized carbons (Fsp3) is 0.167. The first kappa shape index (κ1) is 11.6. The van der Waals surface area contributed by atoms with Crippen molar-refractivity contribution in [2.24, 2.45) is 0 Å². The topological polar surface area (TPSA) is 48.1 Å². The Balaban J connectivity index is 3.13. The van der Waals surface area contributed by atoms with E-state index in [1.165, 1.54) is 0 Å². The molecule has 14 heavy (non-hydrogen) atoms. The van der Waals surface area contributed by atoms with Crippen molar-refractivity contribution in [3.8, 4) is 5.75 Å². The zero-order valence-corrected chi connectivity index (χ0v) is 9.31. The number of ether oxygens (including phenoxy) is 1. The van der Waals surface area contributed by atoms with Crippen LogP contribution in [0.4, 0.5) is 19.0 Å². The molecule has 0 unspecified atom stereocenters. The number of pyridine rings is 1. The smallest absolute Gasteiger partial charge is 0.401 e. The molecule has 0 spiro atoms. The lowest BCUT2D eigenvalue weighted by molar-refractivity contribution is -0.274. The molecule has 8 heteroatoms. The third kappa shape index (κ3) is 2.77. The molecule has 1 aromatic heterocycles. The molecule has 0 atom stereocenters. The number of hydrogen-bond donors (Lipinski definition) is 1. The molecule has 0 amide bonds. The highest BCUT2D eigenvalue weighted by molar-refractivity contribution is 14.1. The van der Waals surface area contributed by atoms with Crippen LogP contribution in [0.2, 0.25) is 5.02 Å². The number of nitrogens with two attached hydrogens (primary N) is 1. The first-order chi connectivity index (χ1) is 6.31. The number of nitrogens with zero attached hydrogens (tertiary/aromatic N) is 1. The Morgan fingerprint density at radius 1 is 1.50 bits per heavy atom. The minimum atomic E-state index is -4.81. The number of hydrogen-bond acceptors (Lipinski definition) is 3. The monoisotopic (exact) mass is 338 g/mol. The molecule has 0 aliphatic heterocycles. The molecular weight excluding hydrogens is 335 g/mol. The van der Waals surface area contributed by atoms with Gasteiger partial charge in [0.25, 0.3) is 0 Å². The number of rotatable bonds is 1. The van der Waals surface area contributed by atoms with Crippen LogP contribution >= 0.6 is 34.2 Å². The van der Waals surface area contributed by atoms with Crippen molar-refractivity contribution in [2.45, 2.75) is 6.36 Å². The Labute approximate surface area is 95.5 Å². The van der Waals surface area contributed by atoms with Crippen molar-refractivity contribution in [1.29, 1.82) is 0 Å². The highest BCUT2D eigenvalue weighted by Gasteiger charge is 2.33. The summed E-state index contributed by atoms with van der Waals surface area (Å²) in [6.45, 7) is 0. The van der Waals surface area contributed by atoms with Crippen molar-refractivity contribution in [3.05, 3.63) is 14.8 Å². The van der Waals surface area contributed by atoms with Crippen molar-refractivity contribution in [1.82, 2.24) is 4.98 Å². The molecule has 0 radical (unpaired) electrons. The maximum absolute atomic E-state index is 11.9. The molecule has 1 rings (SSSR count). The predicted octanol–water partition coefficient (Wildman–Crippen LogP) is 2.82. The summed E-state index contributed by atoms with van der Waals surface area (Å²) in [4.78, 5) is 3.44. The number of alkyl halides is 3. The largest absolute Gasteiger partial charge is 0.573 e. The van der Waals surface area contributed by atoms with E-state index in [0.29, 0.717) is 0 Å². The summed E-state index contributed by atoms with van der Waals surface area (Å²) >= 11 is 7.14. The summed E-state index contributed by atoms with van der Waals surface area (Å²) in [6, 6.07) is 0. The summed E-state index contributed by atoms with van der Waals surface area (Å²) in [7, 11) is 0. The first-order valence-electron chi connectivity index (χ1n) is 3.16. The lowest BCUT2D eigenvalue weighted by Gasteiger charge is -2.12. The van der Waals surface area contributed by atoms with Gasteiger partial charge in [-0.3, -0.25) is 0 Å². The van der Waals surface area contributed by atoms with Gasteiger partial charge in [0, 0.05) is 6.20 Å². The number of halogens is 5. The molecule has 0 bridgehead atoms. The fourth-order valence-electron chi connectivity index (χ4n) is 0.675. The van der Waals surface area contributed by atoms with Gasteiger partial charge in [-0.25, -0.2) is 4.98 Å². The number of anilines is 1. The maximum Gasteiger partial charge on any atom is 0.573 e. The summed E-state index contributed by atoms with van der Waals surface area (Å²) in [5.74, 6) is -0.915. The highest BCUT2D eigenvalue weighted by Crippen LogP contribution is 2.35. The van der Waals surface area contributed by atoms with Crippen LogP contribution in [-0.4, -0.2) is 11.3 Å². The van der Waals surface area contributed by atoms with E-state index in [0.717, 1.165) is 6.20 Å². The minimum Gasteiger partial charge on any atom is -0.401 e. The van der Waals surface area contributed by atoms with Gasteiger partial charge >= 0.3 is 6.36 Å². The van der Waals surface area contributed by atoms with Crippen molar-refractivity contribution >= 4 is 40.0 Å². The van der Waals surface area contributed by atoms with Gasteiger partial charge in [-0.1, -0.05) is 11.6 Å². The van der Waals surface area contributed by atoms with Gasteiger partial charge < -0.3 is 10.5 Å². The summed E-state index contributed by atoms with van der Waals surface area (Å²) < 4.78 is 39.4. The molecule has 78 valence electrons. The highest BCUT2D eigenvalue weighted by atomic mass is 127. The summed E-state index contributed by atoms with van der Waals surface area (Å²) in [6.07, 6.45) is -3.65. The third-order valence-electron chi connectivity index (χ3n) is 1.18. The van der Waals surface area contributed by atoms with E-state index in [1.807, 2.05) is 0 Å². The zero-order chi connectivity index (χ0) is 10.9. The fourth-order valence-corrected chi connectivity index (χ4v) is 1.34. The zero-order valence-electron chi connectivity index (χ0n) is 6.40. The van der Waals surface area contributed by atoms with Crippen molar-refractivity contribution < 1.29 is 17.9 Å². The SMILES string of the molecule is Nc1ncc(Cl)c(I)c1OC(F)(F)F. The molecule has 2 N–H and O–H groups in total. The first-order valence-corrected chi connectivity index (χ1v) is 4.62. The molecule has 0 aliphatic rings. The second kappa shape index (κ2) is 3.97. The second-order valence-electron chi connectivity index (χ2n) is 2.18. The van der Waals surface area contributed by atoms with Crippen LogP contribution in [-0.2, 0) is 0 Å². The quantitative estimate of drug-likeness (QED) is 0.801. The molecule has 0 saturated heterocycles. The number of aromatic nitrogens is 1. The van der Waals surface area contributed by atoms with Gasteiger partial charge in [0.05, 0.1) is 8.59 Å². The Bertz CT molecular complexity index is 358. The van der Waals surface area contributed by atoms with E-state index in [9.17, 15) is 13.2 Å². The Hall–Kier alpha value is -0.440. The molecule has 0 saturated carbocycles. The minimum absolute atomic E-state index is 0.0547. The van der Waals surface area contributed by atoms with Gasteiger partial charge in [-0.2, -0.15) is 0 Å². The van der Waals surface area contributed by atoms with Crippen LogP contribution in [0.15, 0.2) is 6.20 Å². The van der Waals surface area contributed by atoms with E-state index in [-0.39, 0.29) is 14.4 Å². The molecule has 3 nitrogen and oxygen atoms in total. The Kier molecular flexibility index (Phi) is 3.30. The van der Waals surface area contributed by atoms with Crippen LogP contribution in [0.5, 0.6) is 5.75 Å². The number of nitrogen functional groups attached to an aromatic ring is 1. The molecule has 1 heterocycles. The van der Waals surface area contributed by atoms with Gasteiger partial charge in [-0.05, 0) is 22.6 Å². The van der Waals surface area contributed by atoms with Crippen molar-refractivity contribution in [3.63, 3.8) is 0 Å². The van der Waals surface area contributed by atoms with Gasteiger partial charge in [-0.15, -0.1) is 13.2 Å². The van der Waals surface area contributed by atoms with E-state index >= 15 is 0 Å². The lowest BCUT2D eigenvalue weighted by atomic mass is 10.4. The summed E-state index contributed by atoms with van der Waals surface area (Å²) in [5.41, 5.74) is 5.20. The third-order valence-corrected chi connectivity index (χ3v) is 2.85. The van der Waals surface area contributed by atoms with Crippen LogP contribution in [0, 0.1) is 3.57 Å². The van der Waals surface area contributed by atoms with Gasteiger partial charge in [0.1, 0.15) is 0 Å². The van der Waals surface area contributed by atoms with Crippen LogP contribution in [0.25, 0.3) is 0 Å². The normalized spacial score (nSPS) is 11.5. The van der Waals surface area contributed by atoms with Crippen LogP contribution < -0.4 is 10.5 Å². The maximum atomic E-state index is 11.9. The Morgan fingerprint density at radius 2 is 2.07 bits per heavy atom. The standard InChI is InChI=1S/C6H3ClF3IN2O/c7-2-1-13-5(12)4(3(2)11)14-6(8,9)10/h1H,(H2,12,13). The van der Waals surface area contributed by atoms with Gasteiger partial charge in [0.2, 0.25) is 0 Å². The molecule has 0 aromatic carbocycles. The summed E-state index contributed by atoms with van der Waals surface area (Å²) in [5, 5.41) is 0.0547. The predicted molar refractivity (Wildman–Crippen MR) is 53.1 cm³/mol. The van der Waals surface area contributed by atoms with E-state index in [1.54, 1.807) is 22.6 Å². The Morgan fingerprint density at radius 3 is 2.57 bits per heavy atom. The average Bonchev–Trinajstić information content (AvgIpc) is 2.04. The van der Waals surface area contributed by atoms with E-state index in [4.69, 9.17) is 17.3 Å². The molecule has 1 aromatic rings. The second-order valence-corrected chi connectivity index (χ2v) is 3.67. The molecule has 0 aliphatic carbocycles. The average molecular weight is 338 g/mol. The van der Waals surface area contributed by atoms with E-state index < -0.39 is 12.1 Å². The van der Waals surface area contributed by atoms with Crippen LogP contribution in [0.3, 0.4) is 0 Å². The van der Waals surface area contributed by atoms with Crippen molar-refractivity contribution in [2.75, 3.05) is 5.73 Å². The van der Waals surface area contributed by atoms with E-state index in [2.05, 4.69) is 9.72 Å². The van der Waals surface area contributed by atoms with Gasteiger partial charge in [0.15, 0.2) is 11.6 Å². The molecular formula is C6H3ClF3IN2O.